The van der Waals surface area contributed by atoms with Crippen molar-refractivity contribution >= 4 is 173 Å². The number of H-pyrrole nitrogens is 1. The number of nitrogens with two attached hydrogens (primary N) is 5. The van der Waals surface area contributed by atoms with E-state index in [9.17, 15) is 146 Å². The Morgan fingerprint density at radius 3 is 1.16 bits per heavy atom. The van der Waals surface area contributed by atoms with Gasteiger partial charge in [-0.05, 0) is 83.5 Å². The number of aliphatic hydroxyl groups is 4. The van der Waals surface area contributed by atoms with E-state index in [1.165, 1.54) is 47.1 Å². The van der Waals surface area contributed by atoms with Gasteiger partial charge in [-0.3, -0.25) is 116 Å². The zero-order chi connectivity index (χ0) is 108. The number of imidazole rings is 1. The lowest BCUT2D eigenvalue weighted by molar-refractivity contribution is -0.142. The number of hydrogen-bond acceptors (Lipinski definition) is 33. The van der Waals surface area contributed by atoms with E-state index in [1.54, 1.807) is 27.7 Å². The van der Waals surface area contributed by atoms with Gasteiger partial charge in [0, 0.05) is 37.1 Å². The Hall–Kier alpha value is -13.7. The van der Waals surface area contributed by atoms with Crippen LogP contribution >= 0.6 is 25.3 Å². The van der Waals surface area contributed by atoms with E-state index in [0.717, 1.165) is 20.8 Å². The third-order valence-corrected chi connectivity index (χ3v) is 21.0. The van der Waals surface area contributed by atoms with Crippen LogP contribution in [0.2, 0.25) is 0 Å². The number of guanidine groups is 1. The van der Waals surface area contributed by atoms with Gasteiger partial charge in [-0.1, -0.05) is 55.4 Å². The summed E-state index contributed by atoms with van der Waals surface area (Å²) in [6.07, 6.45) is -8.18. The lowest BCUT2D eigenvalue weighted by Gasteiger charge is -2.31. The van der Waals surface area contributed by atoms with Crippen LogP contribution in [-0.4, -0.2) is 354 Å². The van der Waals surface area contributed by atoms with E-state index in [1.807, 2.05) is 10.6 Å². The Morgan fingerprint density at radius 1 is 0.376 bits per heavy atom. The van der Waals surface area contributed by atoms with E-state index < -0.39 is 351 Å². The van der Waals surface area contributed by atoms with Crippen molar-refractivity contribution in [3.05, 3.63) is 18.2 Å². The van der Waals surface area contributed by atoms with Crippen molar-refractivity contribution in [3.63, 3.8) is 0 Å². The Bertz CT molecular complexity index is 4530. The Labute approximate surface area is 820 Å². The predicted octanol–water partition coefficient (Wildman–Crippen LogP) is -15.4. The molecule has 60 heteroatoms. The molecule has 0 aliphatic rings. The SMILES string of the molecule is CC(C)C[C@H](NC(=O)[C@H](C)NC(=O)CNC(=O)[C@H](CC(N)=O)NC(=O)[C@H](CO)NC(=O)[C@H](CC(N)=O)NC(=O)CNC(=O)CNC(=O)[C@H](CCCNC(=N)N)NC(=O)[C@@H](NC(=O)[C@H](CCC(N)=O)NC(=O)[C@@H](NC(=O)[C@H](CC(C)C)NC(=O)[C@@H](NC(=O)[C@@H](NC(=O)[C@H](Cc1c[nH]cn1)NC(=O)[C@H](CC(=O)O)NC(=O)[C@@H](NC(=O)[C@@H](N)CS)[C@@H](C)O)[C@@H](C)O)C(C)C)C(C)C)[C@@H](C)O)C(=O)N[C@@H](CS)C(=O)O. The van der Waals surface area contributed by atoms with Gasteiger partial charge in [-0.2, -0.15) is 25.3 Å². The summed E-state index contributed by atoms with van der Waals surface area (Å²) < 4.78 is 0. The van der Waals surface area contributed by atoms with Crippen molar-refractivity contribution in [2.45, 2.75) is 268 Å². The third kappa shape index (κ3) is 47.7. The van der Waals surface area contributed by atoms with E-state index in [4.69, 9.17) is 34.1 Å². The first-order chi connectivity index (χ1) is 65.7. The van der Waals surface area contributed by atoms with Crippen LogP contribution in [0.15, 0.2) is 12.5 Å². The van der Waals surface area contributed by atoms with E-state index >= 15 is 0 Å². The lowest BCUT2D eigenvalue weighted by atomic mass is 9.97. The van der Waals surface area contributed by atoms with Gasteiger partial charge in [0.25, 0.3) is 0 Å². The molecule has 141 heavy (non-hydrogen) atoms. The molecule has 0 aliphatic heterocycles. The van der Waals surface area contributed by atoms with Crippen LogP contribution in [0.4, 0.5) is 0 Å². The molecular formula is C81H136N28O30S2. The second-order valence-corrected chi connectivity index (χ2v) is 35.0. The Balaban J connectivity index is 3.43. The smallest absolute Gasteiger partial charge is 0.327 e. The molecule has 0 spiro atoms. The highest BCUT2D eigenvalue weighted by molar-refractivity contribution is 7.80. The summed E-state index contributed by atoms with van der Waals surface area (Å²) >= 11 is 7.83. The molecule has 22 amide bonds. The summed E-state index contributed by atoms with van der Waals surface area (Å²) in [5, 5.41) is 115. The molecule has 0 fully saturated rings. The standard InChI is InChI=1S/C81H136N28O30S2/c1-32(2)18-44(69(127)104-51(30-141)80(138)139)98-64(122)36(9)94-56(118)27-92-67(125)47(21-53(84)115)100-74(132)50(28-110)103-70(128)48(22-54(85)116)95-57(119)26-90-55(117)25-91-66(124)42(14-13-17-89-81(86)87)96-77(135)62(38(11)112)108-68(126)43(15-16-52(83)114)97-75(133)59(34(5)6)105-72(130)45(19-33(3)4)101-76(134)60(35(7)8)106-79(137)63(39(12)113)109-73(131)46(20-40-24-88-31-93-40)99-71(129)49(23-58(120)121)102-78(136)61(37(10)111)107-65(123)41(82)29-140/h24,31-39,41-51,59-63,110-113,140-141H,13-23,25-30,82H2,1-12H3,(H2,83,114)(H2,84,115)(H2,85,116)(H,88,93)(H,90,117)(H,91,124)(H,92,125)(H,94,118)(H,95,119)(H,96,135)(H,97,133)(H,98,122)(H,99,129)(H,100,132)(H,101,134)(H,102,136)(H,103,128)(H,104,127)(H,105,130)(H,106,137)(H,107,123)(H,108,126)(H,109,131)(H,120,121)(H,138,139)(H4,86,87,89)/t36-,37+,38+,39+,41-,42-,43-,44-,45-,46-,47-,48-,49-,50-,51-,59-,60-,61-,62-,63-/m0/s1. The van der Waals surface area contributed by atoms with Gasteiger partial charge in [0.15, 0.2) is 5.96 Å². The summed E-state index contributed by atoms with van der Waals surface area (Å²) in [7, 11) is 0. The van der Waals surface area contributed by atoms with Crippen LogP contribution in [0.3, 0.4) is 0 Å². The first-order valence-corrected chi connectivity index (χ1v) is 45.6. The molecule has 1 heterocycles. The number of rotatable bonds is 66. The maximum atomic E-state index is 14.5. The minimum atomic E-state index is -2.05. The van der Waals surface area contributed by atoms with Crippen molar-refractivity contribution in [2.24, 2.45) is 52.3 Å². The number of carbonyl (C=O) groups is 24. The minimum absolute atomic E-state index is 0.0355. The largest absolute Gasteiger partial charge is 0.481 e. The van der Waals surface area contributed by atoms with Crippen LogP contribution in [-0.2, 0) is 121 Å². The van der Waals surface area contributed by atoms with Crippen molar-refractivity contribution in [1.82, 2.24) is 116 Å². The fraction of sp³-hybridized carbons (Fsp3) is 0.654. The van der Waals surface area contributed by atoms with Gasteiger partial charge < -0.3 is 171 Å². The van der Waals surface area contributed by atoms with Gasteiger partial charge in [-0.15, -0.1) is 0 Å². The van der Waals surface area contributed by atoms with Crippen LogP contribution in [0, 0.1) is 29.1 Å². The topological polar surface area (TPSA) is 954 Å². The number of thiol groups is 2. The summed E-state index contributed by atoms with van der Waals surface area (Å²) in [5.41, 5.74) is 27.3. The Kier molecular flexibility index (Phi) is 56.0. The number of hydrogen-bond donors (Lipinski definition) is 35. The number of carbonyl (C=O) groups excluding carboxylic acids is 22. The number of aromatic nitrogens is 2. The van der Waals surface area contributed by atoms with Crippen molar-refractivity contribution in [2.75, 3.05) is 44.3 Å². The number of aromatic amines is 1. The molecule has 0 bridgehead atoms. The fourth-order valence-corrected chi connectivity index (χ4v) is 13.1. The summed E-state index contributed by atoms with van der Waals surface area (Å²) in [6.45, 7) is 12.6. The van der Waals surface area contributed by atoms with Gasteiger partial charge in [0.1, 0.15) is 96.7 Å². The number of carboxylic acids is 2. The fourth-order valence-electron chi connectivity index (χ4n) is 12.7. The van der Waals surface area contributed by atoms with Crippen molar-refractivity contribution in [1.29, 1.82) is 5.41 Å². The number of carboxylic acid groups (broad SMARTS) is 2. The predicted molar refractivity (Wildman–Crippen MR) is 499 cm³/mol. The number of nitrogens with one attached hydrogen (secondary N) is 22. The summed E-state index contributed by atoms with van der Waals surface area (Å²) in [5.74, 6) is -31.9. The molecule has 0 aliphatic carbocycles. The molecule has 1 rings (SSSR count). The van der Waals surface area contributed by atoms with Crippen molar-refractivity contribution in [3.8, 4) is 0 Å². The highest BCUT2D eigenvalue weighted by Crippen LogP contribution is 2.16. The first kappa shape index (κ1) is 125. The average Bonchev–Trinajstić information content (AvgIpc) is 1.33. The van der Waals surface area contributed by atoms with Crippen LogP contribution in [0.5, 0.6) is 0 Å². The molecule has 58 nitrogen and oxygen atoms in total. The molecule has 20 atom stereocenters. The molecule has 1 aromatic heterocycles. The normalized spacial score (nSPS) is 15.4. The van der Waals surface area contributed by atoms with Gasteiger partial charge >= 0.3 is 11.9 Å². The number of nitrogens with zero attached hydrogens (tertiary/aromatic N) is 1. The number of amides is 22. The highest BCUT2D eigenvalue weighted by atomic mass is 32.1. The van der Waals surface area contributed by atoms with Crippen LogP contribution in [0.25, 0.3) is 0 Å². The maximum Gasteiger partial charge on any atom is 0.327 e. The molecule has 0 saturated carbocycles. The molecule has 38 N–H and O–H groups in total. The average molecular weight is 2050 g/mol. The van der Waals surface area contributed by atoms with E-state index in [-0.39, 0.29) is 55.3 Å². The number of aliphatic carboxylic acids is 2. The second kappa shape index (κ2) is 63.0. The Morgan fingerprint density at radius 2 is 0.730 bits per heavy atom. The third-order valence-electron chi connectivity index (χ3n) is 20.2. The molecular weight excluding hydrogens is 1910 g/mol. The monoisotopic (exact) mass is 2040 g/mol. The molecule has 792 valence electrons. The number of primary amides is 3. The van der Waals surface area contributed by atoms with Gasteiger partial charge in [0.05, 0.1) is 81.9 Å². The van der Waals surface area contributed by atoms with Crippen LogP contribution < -0.4 is 135 Å². The first-order valence-electron chi connectivity index (χ1n) is 44.3. The highest BCUT2D eigenvalue weighted by Gasteiger charge is 2.42. The summed E-state index contributed by atoms with van der Waals surface area (Å²) in [4.78, 5) is 327. The molecule has 0 aromatic carbocycles. The number of aliphatic hydroxyl groups excluding tert-OH is 4. The van der Waals surface area contributed by atoms with Crippen molar-refractivity contribution < 1.29 is 146 Å². The van der Waals surface area contributed by atoms with Gasteiger partial charge in [-0.25, -0.2) is 9.78 Å². The molecule has 0 saturated heterocycles. The quantitative estimate of drug-likeness (QED) is 0.0125. The molecule has 0 unspecified atom stereocenters. The second-order valence-electron chi connectivity index (χ2n) is 34.3. The molecule has 0 radical (unpaired) electrons. The van der Waals surface area contributed by atoms with Gasteiger partial charge in [0.2, 0.25) is 130 Å². The zero-order valence-electron chi connectivity index (χ0n) is 79.7. The maximum absolute atomic E-state index is 14.5. The molecule has 1 aromatic rings. The lowest BCUT2D eigenvalue weighted by Crippen LogP contribution is -2.63. The van der Waals surface area contributed by atoms with E-state index in [2.05, 4.69) is 131 Å². The zero-order valence-corrected chi connectivity index (χ0v) is 81.5. The van der Waals surface area contributed by atoms with Crippen LogP contribution in [0.1, 0.15) is 147 Å². The minimum Gasteiger partial charge on any atom is -0.481 e. The van der Waals surface area contributed by atoms with E-state index in [0.29, 0.717) is 0 Å². The summed E-state index contributed by atoms with van der Waals surface area (Å²) in [6, 6.07) is -29.2.